The summed E-state index contributed by atoms with van der Waals surface area (Å²) in [6, 6.07) is 5.52. The molecule has 3 aliphatic rings. The number of nitrogens with zero attached hydrogens (tertiary/aromatic N) is 2. The van der Waals surface area contributed by atoms with Crippen LogP contribution in [-0.4, -0.2) is 54.4 Å². The summed E-state index contributed by atoms with van der Waals surface area (Å²) in [4.78, 5) is 29.3. The molecule has 0 bridgehead atoms. The van der Waals surface area contributed by atoms with Crippen LogP contribution in [0.15, 0.2) is 35.9 Å². The molecular weight excluding hydrogens is 400 g/mol. The number of hydrogen-bond acceptors (Lipinski definition) is 3. The van der Waals surface area contributed by atoms with Gasteiger partial charge in [-0.1, -0.05) is 30.5 Å². The Morgan fingerprint density at radius 3 is 2.47 bits per heavy atom. The molecule has 2 fully saturated rings. The number of ether oxygens (including phenoxy) is 1. The van der Waals surface area contributed by atoms with E-state index >= 15 is 0 Å². The Morgan fingerprint density at radius 1 is 1.00 bits per heavy atom. The lowest BCUT2D eigenvalue weighted by molar-refractivity contribution is -0.139. The number of piperidine rings is 1. The van der Waals surface area contributed by atoms with Crippen molar-refractivity contribution in [3.05, 3.63) is 46.5 Å². The first kappa shape index (κ1) is 21.0. The molecule has 1 aromatic carbocycles. The van der Waals surface area contributed by atoms with Crippen molar-refractivity contribution < 1.29 is 14.3 Å². The van der Waals surface area contributed by atoms with E-state index < -0.39 is 0 Å². The molecule has 6 heteroatoms. The smallest absolute Gasteiger partial charge is 0.246 e. The molecule has 160 valence electrons. The number of likely N-dealkylation sites (tertiary alicyclic amines) is 2. The third-order valence-corrected chi connectivity index (χ3v) is 6.46. The van der Waals surface area contributed by atoms with Gasteiger partial charge in [0.15, 0.2) is 0 Å². The van der Waals surface area contributed by atoms with Crippen LogP contribution in [0.3, 0.4) is 0 Å². The summed E-state index contributed by atoms with van der Waals surface area (Å²) in [5.74, 6) is 1.15. The van der Waals surface area contributed by atoms with Gasteiger partial charge in [-0.2, -0.15) is 0 Å². The fourth-order valence-electron chi connectivity index (χ4n) is 4.44. The normalized spacial score (nSPS) is 20.4. The SMILES string of the molecule is O=C(/C=C/C1=Cc2cc(Cl)ccc2OC1)N1CCC(C(=O)N2CCCCCC2)CC1. The van der Waals surface area contributed by atoms with Gasteiger partial charge in [-0.05, 0) is 55.5 Å². The second-order valence-electron chi connectivity index (χ2n) is 8.36. The Hall–Kier alpha value is -2.27. The topological polar surface area (TPSA) is 49.9 Å². The maximum Gasteiger partial charge on any atom is 0.246 e. The van der Waals surface area contributed by atoms with Crippen LogP contribution in [0.5, 0.6) is 5.75 Å². The second kappa shape index (κ2) is 9.69. The zero-order chi connectivity index (χ0) is 20.9. The highest BCUT2D eigenvalue weighted by Crippen LogP contribution is 2.29. The van der Waals surface area contributed by atoms with Crippen LogP contribution < -0.4 is 4.74 Å². The quantitative estimate of drug-likeness (QED) is 0.674. The number of carbonyl (C=O) groups is 2. The van der Waals surface area contributed by atoms with Crippen LogP contribution in [-0.2, 0) is 9.59 Å². The van der Waals surface area contributed by atoms with Gasteiger partial charge in [0.05, 0.1) is 0 Å². The molecule has 0 unspecified atom stereocenters. The number of rotatable bonds is 3. The van der Waals surface area contributed by atoms with Gasteiger partial charge < -0.3 is 14.5 Å². The van der Waals surface area contributed by atoms with Crippen LogP contribution in [0.25, 0.3) is 6.08 Å². The molecule has 0 saturated carbocycles. The summed E-state index contributed by atoms with van der Waals surface area (Å²) in [5, 5.41) is 0.660. The largest absolute Gasteiger partial charge is 0.488 e. The molecule has 0 radical (unpaired) electrons. The Labute approximate surface area is 183 Å². The highest BCUT2D eigenvalue weighted by molar-refractivity contribution is 6.30. The first-order valence-corrected chi connectivity index (χ1v) is 11.4. The van der Waals surface area contributed by atoms with Crippen molar-refractivity contribution in [2.24, 2.45) is 5.92 Å². The van der Waals surface area contributed by atoms with E-state index in [0.29, 0.717) is 30.6 Å². The Balaban J connectivity index is 1.30. The summed E-state index contributed by atoms with van der Waals surface area (Å²) in [5.41, 5.74) is 1.86. The van der Waals surface area contributed by atoms with Gasteiger partial charge in [-0.3, -0.25) is 9.59 Å². The Kier molecular flexibility index (Phi) is 6.78. The average molecular weight is 429 g/mol. The maximum atomic E-state index is 12.8. The fraction of sp³-hybridized carbons (Fsp3) is 0.500. The minimum absolute atomic E-state index is 0.00605. The van der Waals surface area contributed by atoms with Gasteiger partial charge in [-0.15, -0.1) is 0 Å². The molecule has 1 aromatic rings. The molecular formula is C24H29ClN2O3. The van der Waals surface area contributed by atoms with Crippen molar-refractivity contribution in [1.82, 2.24) is 9.80 Å². The highest BCUT2D eigenvalue weighted by atomic mass is 35.5. The molecule has 3 aliphatic heterocycles. The van der Waals surface area contributed by atoms with Gasteiger partial charge in [0.25, 0.3) is 0 Å². The molecule has 30 heavy (non-hydrogen) atoms. The van der Waals surface area contributed by atoms with E-state index in [-0.39, 0.29) is 11.8 Å². The predicted molar refractivity (Wildman–Crippen MR) is 118 cm³/mol. The van der Waals surface area contributed by atoms with Gasteiger partial charge in [0, 0.05) is 48.8 Å². The monoisotopic (exact) mass is 428 g/mol. The molecule has 0 atom stereocenters. The van der Waals surface area contributed by atoms with E-state index in [9.17, 15) is 9.59 Å². The molecule has 5 nitrogen and oxygen atoms in total. The third kappa shape index (κ3) is 5.07. The number of amides is 2. The molecule has 2 saturated heterocycles. The van der Waals surface area contributed by atoms with Gasteiger partial charge in [0.2, 0.25) is 11.8 Å². The molecule has 3 heterocycles. The number of benzene rings is 1. The number of carbonyl (C=O) groups excluding carboxylic acids is 2. The van der Waals surface area contributed by atoms with Crippen molar-refractivity contribution in [3.63, 3.8) is 0 Å². The van der Waals surface area contributed by atoms with E-state index in [1.165, 1.54) is 12.8 Å². The summed E-state index contributed by atoms with van der Waals surface area (Å²) < 4.78 is 5.73. The summed E-state index contributed by atoms with van der Waals surface area (Å²) >= 11 is 6.05. The van der Waals surface area contributed by atoms with Crippen LogP contribution >= 0.6 is 11.6 Å². The van der Waals surface area contributed by atoms with Gasteiger partial charge >= 0.3 is 0 Å². The van der Waals surface area contributed by atoms with E-state index in [2.05, 4.69) is 4.90 Å². The van der Waals surface area contributed by atoms with Crippen molar-refractivity contribution in [3.8, 4) is 5.75 Å². The van der Waals surface area contributed by atoms with Crippen LogP contribution in [0.2, 0.25) is 5.02 Å². The summed E-state index contributed by atoms with van der Waals surface area (Å²) in [6.07, 6.45) is 11.6. The number of fused-ring (bicyclic) bond motifs is 1. The van der Waals surface area contributed by atoms with Crippen molar-refractivity contribution in [1.29, 1.82) is 0 Å². The van der Waals surface area contributed by atoms with Crippen molar-refractivity contribution in [2.75, 3.05) is 32.8 Å². The molecule has 0 spiro atoms. The second-order valence-corrected chi connectivity index (χ2v) is 8.80. The minimum atomic E-state index is -0.00605. The predicted octanol–water partition coefficient (Wildman–Crippen LogP) is 4.31. The van der Waals surface area contributed by atoms with E-state index in [1.807, 2.05) is 29.2 Å². The minimum Gasteiger partial charge on any atom is -0.488 e. The van der Waals surface area contributed by atoms with Gasteiger partial charge in [0.1, 0.15) is 12.4 Å². The van der Waals surface area contributed by atoms with E-state index in [4.69, 9.17) is 16.3 Å². The Bertz CT molecular complexity index is 848. The maximum absolute atomic E-state index is 12.8. The first-order valence-electron chi connectivity index (χ1n) is 11.0. The average Bonchev–Trinajstić information content (AvgIpc) is 3.06. The number of halogens is 1. The molecule has 0 N–H and O–H groups in total. The molecule has 0 aromatic heterocycles. The standard InChI is InChI=1S/C24H29ClN2O3/c25-21-6-7-22-20(16-21)15-18(17-30-22)5-8-23(28)26-13-9-19(10-14-26)24(29)27-11-3-1-2-4-12-27/h5-8,15-16,19H,1-4,9-14,17H2/b8-5+. The van der Waals surface area contributed by atoms with Crippen molar-refractivity contribution in [2.45, 2.75) is 38.5 Å². The molecule has 2 amide bonds. The molecule has 4 rings (SSSR count). The Morgan fingerprint density at radius 2 is 1.73 bits per heavy atom. The zero-order valence-corrected chi connectivity index (χ0v) is 18.1. The van der Waals surface area contributed by atoms with Crippen LogP contribution in [0.1, 0.15) is 44.1 Å². The molecule has 0 aliphatic carbocycles. The lowest BCUT2D eigenvalue weighted by atomic mass is 9.95. The van der Waals surface area contributed by atoms with Crippen LogP contribution in [0.4, 0.5) is 0 Å². The highest BCUT2D eigenvalue weighted by Gasteiger charge is 2.29. The van der Waals surface area contributed by atoms with E-state index in [0.717, 1.165) is 55.7 Å². The van der Waals surface area contributed by atoms with Gasteiger partial charge in [-0.25, -0.2) is 0 Å². The summed E-state index contributed by atoms with van der Waals surface area (Å²) in [7, 11) is 0. The lowest BCUT2D eigenvalue weighted by Crippen LogP contribution is -2.44. The summed E-state index contributed by atoms with van der Waals surface area (Å²) in [6.45, 7) is 3.51. The third-order valence-electron chi connectivity index (χ3n) is 6.22. The van der Waals surface area contributed by atoms with Crippen molar-refractivity contribution >= 4 is 29.5 Å². The lowest BCUT2D eigenvalue weighted by Gasteiger charge is -2.33. The first-order chi connectivity index (χ1) is 14.6. The fourth-order valence-corrected chi connectivity index (χ4v) is 4.62. The zero-order valence-electron chi connectivity index (χ0n) is 17.3. The van der Waals surface area contributed by atoms with Crippen LogP contribution in [0, 0.1) is 5.92 Å². The number of hydrogen-bond donors (Lipinski definition) is 0. The van der Waals surface area contributed by atoms with E-state index in [1.54, 1.807) is 12.1 Å².